The van der Waals surface area contributed by atoms with E-state index in [2.05, 4.69) is 10.3 Å². The summed E-state index contributed by atoms with van der Waals surface area (Å²) in [6.45, 7) is 2.62. The van der Waals surface area contributed by atoms with E-state index in [-0.39, 0.29) is 33.9 Å². The molecule has 3 heterocycles. The standard InChI is InChI=1S/C14H16N4O4S/c1-9-12(23(19,20)18-5-3-4-6-18)7-11(21-9)14-17-10(8-15)13(16-2)22-14/h7,16H,3-6H2,1-2H3. The van der Waals surface area contributed by atoms with Crippen LogP contribution in [-0.4, -0.2) is 37.8 Å². The van der Waals surface area contributed by atoms with Crippen molar-refractivity contribution in [2.75, 3.05) is 25.5 Å². The monoisotopic (exact) mass is 336 g/mol. The molecule has 0 atom stereocenters. The summed E-state index contributed by atoms with van der Waals surface area (Å²) in [5.74, 6) is 0.727. The van der Waals surface area contributed by atoms with Gasteiger partial charge in [0.15, 0.2) is 5.76 Å². The van der Waals surface area contributed by atoms with Gasteiger partial charge in [-0.15, -0.1) is 0 Å². The molecule has 9 heteroatoms. The van der Waals surface area contributed by atoms with Crippen molar-refractivity contribution in [1.29, 1.82) is 5.26 Å². The number of nitrogens with one attached hydrogen (secondary N) is 1. The van der Waals surface area contributed by atoms with Crippen molar-refractivity contribution in [2.24, 2.45) is 0 Å². The van der Waals surface area contributed by atoms with E-state index in [1.165, 1.54) is 10.4 Å². The van der Waals surface area contributed by atoms with Crippen molar-refractivity contribution in [2.45, 2.75) is 24.7 Å². The summed E-state index contributed by atoms with van der Waals surface area (Å²) in [5.41, 5.74) is 0.0838. The lowest BCUT2D eigenvalue weighted by molar-refractivity contribution is 0.469. The van der Waals surface area contributed by atoms with Gasteiger partial charge in [0.2, 0.25) is 21.6 Å². The molecule has 0 unspecified atom stereocenters. The third-order valence-corrected chi connectivity index (χ3v) is 5.73. The molecule has 8 nitrogen and oxygen atoms in total. The van der Waals surface area contributed by atoms with Crippen LogP contribution in [0.3, 0.4) is 0 Å². The average Bonchev–Trinajstić information content (AvgIpc) is 3.25. The molecule has 0 bridgehead atoms. The van der Waals surface area contributed by atoms with Crippen molar-refractivity contribution in [1.82, 2.24) is 9.29 Å². The third kappa shape index (κ3) is 2.60. The average molecular weight is 336 g/mol. The van der Waals surface area contributed by atoms with Gasteiger partial charge in [-0.3, -0.25) is 0 Å². The fourth-order valence-electron chi connectivity index (χ4n) is 2.57. The second-order valence-electron chi connectivity index (χ2n) is 5.20. The highest BCUT2D eigenvalue weighted by atomic mass is 32.2. The first-order chi connectivity index (χ1) is 11.0. The lowest BCUT2D eigenvalue weighted by Crippen LogP contribution is -2.27. The molecule has 2 aromatic heterocycles. The van der Waals surface area contributed by atoms with Crippen LogP contribution in [0.2, 0.25) is 0 Å². The zero-order valence-electron chi connectivity index (χ0n) is 12.8. The molecule has 0 saturated carbocycles. The number of nitriles is 1. The molecule has 1 aliphatic rings. The maximum Gasteiger partial charge on any atom is 0.266 e. The van der Waals surface area contributed by atoms with Gasteiger partial charge in [-0.1, -0.05) is 0 Å². The molecule has 1 saturated heterocycles. The predicted octanol–water partition coefficient (Wildman–Crippen LogP) is 1.94. The first kappa shape index (κ1) is 15.6. The Kier molecular flexibility index (Phi) is 3.87. The molecule has 122 valence electrons. The number of hydrogen-bond donors (Lipinski definition) is 1. The van der Waals surface area contributed by atoms with Crippen LogP contribution in [-0.2, 0) is 10.0 Å². The highest BCUT2D eigenvalue weighted by Gasteiger charge is 2.31. The summed E-state index contributed by atoms with van der Waals surface area (Å²) in [6.07, 6.45) is 1.72. The van der Waals surface area contributed by atoms with Crippen LogP contribution in [0, 0.1) is 18.3 Å². The Labute approximate surface area is 133 Å². The fraction of sp³-hybridized carbons (Fsp3) is 0.429. The molecule has 0 amide bonds. The smallest absolute Gasteiger partial charge is 0.266 e. The van der Waals surface area contributed by atoms with Crippen molar-refractivity contribution < 1.29 is 17.3 Å². The number of nitrogens with zero attached hydrogens (tertiary/aromatic N) is 3. The largest absolute Gasteiger partial charge is 0.455 e. The fourth-order valence-corrected chi connectivity index (χ4v) is 4.24. The Bertz CT molecular complexity index is 869. The minimum absolute atomic E-state index is 0.0665. The number of rotatable bonds is 4. The number of anilines is 1. The summed E-state index contributed by atoms with van der Waals surface area (Å²) in [7, 11) is -1.98. The van der Waals surface area contributed by atoms with E-state index in [0.29, 0.717) is 13.1 Å². The number of oxazole rings is 1. The van der Waals surface area contributed by atoms with Crippen molar-refractivity contribution >= 4 is 15.9 Å². The quantitative estimate of drug-likeness (QED) is 0.907. The Hall–Kier alpha value is -2.31. The summed E-state index contributed by atoms with van der Waals surface area (Å²) in [6, 6.07) is 3.30. The topological polar surface area (TPSA) is 112 Å². The number of hydrogen-bond acceptors (Lipinski definition) is 7. The van der Waals surface area contributed by atoms with Crippen molar-refractivity contribution in [3.8, 4) is 17.7 Å². The first-order valence-corrected chi connectivity index (χ1v) is 8.61. The molecule has 0 radical (unpaired) electrons. The van der Waals surface area contributed by atoms with Crippen LogP contribution in [0.25, 0.3) is 11.7 Å². The molecule has 0 spiro atoms. The molecule has 23 heavy (non-hydrogen) atoms. The van der Waals surface area contributed by atoms with Crippen LogP contribution in [0.4, 0.5) is 5.88 Å². The van der Waals surface area contributed by atoms with Gasteiger partial charge in [-0.2, -0.15) is 14.6 Å². The third-order valence-electron chi connectivity index (χ3n) is 3.73. The zero-order chi connectivity index (χ0) is 16.6. The molecule has 0 aromatic carbocycles. The number of sulfonamides is 1. The van der Waals surface area contributed by atoms with Gasteiger partial charge in [-0.05, 0) is 19.8 Å². The van der Waals surface area contributed by atoms with Gasteiger partial charge in [0.1, 0.15) is 16.7 Å². The maximum absolute atomic E-state index is 12.6. The second kappa shape index (κ2) is 5.72. The summed E-state index contributed by atoms with van der Waals surface area (Å²) >= 11 is 0. The van der Waals surface area contributed by atoms with Gasteiger partial charge >= 0.3 is 0 Å². The molecule has 1 N–H and O–H groups in total. The van der Waals surface area contributed by atoms with Gasteiger partial charge < -0.3 is 14.2 Å². The van der Waals surface area contributed by atoms with E-state index < -0.39 is 10.0 Å². The van der Waals surface area contributed by atoms with Gasteiger partial charge in [0.25, 0.3) is 5.89 Å². The highest BCUT2D eigenvalue weighted by molar-refractivity contribution is 7.89. The Morgan fingerprint density at radius 2 is 2.04 bits per heavy atom. The van der Waals surface area contributed by atoms with E-state index in [9.17, 15) is 8.42 Å². The number of furan rings is 1. The lowest BCUT2D eigenvalue weighted by Gasteiger charge is -2.14. The maximum atomic E-state index is 12.6. The minimum Gasteiger partial charge on any atom is -0.455 e. The molecule has 1 aliphatic heterocycles. The Balaban J connectivity index is 2.01. The SMILES string of the molecule is CNc1oc(-c2cc(S(=O)(=O)N3CCCC3)c(C)o2)nc1C#N. The van der Waals surface area contributed by atoms with E-state index in [1.807, 2.05) is 6.07 Å². The normalized spacial score (nSPS) is 15.7. The van der Waals surface area contributed by atoms with E-state index in [4.69, 9.17) is 14.1 Å². The van der Waals surface area contributed by atoms with E-state index in [1.54, 1.807) is 14.0 Å². The second-order valence-corrected chi connectivity index (χ2v) is 7.11. The first-order valence-electron chi connectivity index (χ1n) is 7.17. The highest BCUT2D eigenvalue weighted by Crippen LogP contribution is 2.32. The number of aryl methyl sites for hydroxylation is 1. The molecular formula is C14H16N4O4S. The predicted molar refractivity (Wildman–Crippen MR) is 81.2 cm³/mol. The van der Waals surface area contributed by atoms with Gasteiger partial charge in [0, 0.05) is 26.2 Å². The van der Waals surface area contributed by atoms with Crippen molar-refractivity contribution in [3.63, 3.8) is 0 Å². The Morgan fingerprint density at radius 3 is 2.61 bits per heavy atom. The molecule has 2 aromatic rings. The summed E-state index contributed by atoms with van der Waals surface area (Å²) in [4.78, 5) is 4.12. The lowest BCUT2D eigenvalue weighted by atomic mass is 10.4. The Morgan fingerprint density at radius 1 is 1.35 bits per heavy atom. The summed E-state index contributed by atoms with van der Waals surface area (Å²) < 4.78 is 37.6. The van der Waals surface area contributed by atoms with Crippen LogP contribution < -0.4 is 5.32 Å². The molecule has 0 aliphatic carbocycles. The van der Waals surface area contributed by atoms with Gasteiger partial charge in [0.05, 0.1) is 0 Å². The molecule has 1 fully saturated rings. The van der Waals surface area contributed by atoms with E-state index >= 15 is 0 Å². The number of aromatic nitrogens is 1. The molecule has 3 rings (SSSR count). The summed E-state index contributed by atoms with van der Waals surface area (Å²) in [5, 5.41) is 11.7. The van der Waals surface area contributed by atoms with Gasteiger partial charge in [-0.25, -0.2) is 8.42 Å². The van der Waals surface area contributed by atoms with Crippen LogP contribution in [0.5, 0.6) is 0 Å². The van der Waals surface area contributed by atoms with Crippen LogP contribution in [0.15, 0.2) is 19.8 Å². The van der Waals surface area contributed by atoms with E-state index in [0.717, 1.165) is 12.8 Å². The van der Waals surface area contributed by atoms with Crippen LogP contribution >= 0.6 is 0 Å². The van der Waals surface area contributed by atoms with Crippen molar-refractivity contribution in [3.05, 3.63) is 17.5 Å². The minimum atomic E-state index is -3.58. The molecular weight excluding hydrogens is 320 g/mol. The van der Waals surface area contributed by atoms with Crippen LogP contribution in [0.1, 0.15) is 24.3 Å². The zero-order valence-corrected chi connectivity index (χ0v) is 13.6.